The number of benzene rings is 1. The summed E-state index contributed by atoms with van der Waals surface area (Å²) < 4.78 is 4.59. The highest BCUT2D eigenvalue weighted by molar-refractivity contribution is 8.02. The van der Waals surface area contributed by atoms with Gasteiger partial charge in [0.1, 0.15) is 6.04 Å². The number of thioether (sulfide) groups is 1. The number of ether oxygens (including phenoxy) is 1. The molecule has 0 aliphatic carbocycles. The maximum Gasteiger partial charge on any atom is 0.310 e. The van der Waals surface area contributed by atoms with Gasteiger partial charge in [-0.2, -0.15) is 0 Å². The molecule has 1 spiro atoms. The van der Waals surface area contributed by atoms with Crippen molar-refractivity contribution >= 4 is 46.8 Å². The number of halogens is 1. The van der Waals surface area contributed by atoms with Gasteiger partial charge in [-0.1, -0.05) is 17.7 Å². The predicted molar refractivity (Wildman–Crippen MR) is 128 cm³/mol. The van der Waals surface area contributed by atoms with Gasteiger partial charge in [-0.15, -0.1) is 18.3 Å². The standard InChI is InChI=1S/C24H29ClN2O5S/c1-4-12-26(16-8-6-15(25)7-9-16)22(30)20-24-11-10-17(33-24)18(23(31)32-5-2)19(24)21(29)27(20)14(3)13-28/h4,6-9,14,17-20,28H,1,5,10-13H2,2-3H3/t14-,17-,18+,19+,20?,24?/m1/s1. The van der Waals surface area contributed by atoms with E-state index in [-0.39, 0.29) is 42.8 Å². The molecule has 9 heteroatoms. The molecule has 7 nitrogen and oxygen atoms in total. The molecule has 3 fully saturated rings. The van der Waals surface area contributed by atoms with Gasteiger partial charge in [0, 0.05) is 22.5 Å². The summed E-state index contributed by atoms with van der Waals surface area (Å²) in [4.78, 5) is 43.9. The van der Waals surface area contributed by atoms with Gasteiger partial charge in [-0.3, -0.25) is 14.4 Å². The monoisotopic (exact) mass is 492 g/mol. The number of carbonyl (C=O) groups excluding carboxylic acids is 3. The Bertz CT molecular complexity index is 957. The van der Waals surface area contributed by atoms with Crippen LogP contribution in [0.1, 0.15) is 26.7 Å². The highest BCUT2D eigenvalue weighted by atomic mass is 35.5. The molecule has 2 unspecified atom stereocenters. The molecule has 0 radical (unpaired) electrons. The van der Waals surface area contributed by atoms with E-state index in [2.05, 4.69) is 6.58 Å². The molecule has 3 heterocycles. The van der Waals surface area contributed by atoms with E-state index in [0.717, 1.165) is 6.42 Å². The third-order valence-electron chi connectivity index (χ3n) is 6.99. The van der Waals surface area contributed by atoms with Crippen LogP contribution in [-0.2, 0) is 19.1 Å². The highest BCUT2D eigenvalue weighted by Gasteiger charge is 2.74. The van der Waals surface area contributed by atoms with Crippen LogP contribution in [0.25, 0.3) is 0 Å². The van der Waals surface area contributed by atoms with Crippen molar-refractivity contribution in [3.05, 3.63) is 41.9 Å². The minimum Gasteiger partial charge on any atom is -0.466 e. The van der Waals surface area contributed by atoms with Crippen molar-refractivity contribution in [1.29, 1.82) is 0 Å². The Morgan fingerprint density at radius 2 is 2.12 bits per heavy atom. The first kappa shape index (κ1) is 24.1. The summed E-state index contributed by atoms with van der Waals surface area (Å²) in [7, 11) is 0. The van der Waals surface area contributed by atoms with Crippen LogP contribution in [0.15, 0.2) is 36.9 Å². The lowest BCUT2D eigenvalue weighted by Gasteiger charge is -2.38. The van der Waals surface area contributed by atoms with Crippen molar-refractivity contribution in [1.82, 2.24) is 4.90 Å². The van der Waals surface area contributed by atoms with E-state index in [1.807, 2.05) is 0 Å². The van der Waals surface area contributed by atoms with Gasteiger partial charge in [0.05, 0.1) is 35.8 Å². The van der Waals surface area contributed by atoms with Crippen molar-refractivity contribution < 1.29 is 24.2 Å². The third-order valence-corrected chi connectivity index (χ3v) is 9.19. The molecular weight excluding hydrogens is 464 g/mol. The van der Waals surface area contributed by atoms with Crippen LogP contribution in [0.3, 0.4) is 0 Å². The second-order valence-corrected chi connectivity index (χ2v) is 10.8. The zero-order valence-electron chi connectivity index (χ0n) is 18.8. The molecule has 3 aliphatic rings. The Morgan fingerprint density at radius 3 is 2.73 bits per heavy atom. The Balaban J connectivity index is 1.78. The van der Waals surface area contributed by atoms with Crippen molar-refractivity contribution in [2.24, 2.45) is 11.8 Å². The summed E-state index contributed by atoms with van der Waals surface area (Å²) in [6, 6.07) is 5.57. The van der Waals surface area contributed by atoms with Crippen molar-refractivity contribution in [3.63, 3.8) is 0 Å². The summed E-state index contributed by atoms with van der Waals surface area (Å²) in [6.07, 6.45) is 3.03. The molecule has 178 valence electrons. The maximum absolute atomic E-state index is 14.2. The number of hydrogen-bond acceptors (Lipinski definition) is 6. The molecular formula is C24H29ClN2O5S. The predicted octanol–water partition coefficient (Wildman–Crippen LogP) is 2.89. The summed E-state index contributed by atoms with van der Waals surface area (Å²) in [5.74, 6) is -2.09. The lowest BCUT2D eigenvalue weighted by atomic mass is 9.71. The van der Waals surface area contributed by atoms with Crippen LogP contribution in [-0.4, -0.2) is 69.6 Å². The summed E-state index contributed by atoms with van der Waals surface area (Å²) in [6.45, 7) is 7.49. The van der Waals surface area contributed by atoms with Gasteiger partial charge in [0.25, 0.3) is 5.91 Å². The zero-order valence-corrected chi connectivity index (χ0v) is 20.3. The quantitative estimate of drug-likeness (QED) is 0.443. The number of aliphatic hydroxyl groups is 1. The van der Waals surface area contributed by atoms with Gasteiger partial charge in [-0.25, -0.2) is 0 Å². The molecule has 1 N–H and O–H groups in total. The number of amides is 2. The summed E-state index contributed by atoms with van der Waals surface area (Å²) in [5.41, 5.74) is 0.646. The smallest absolute Gasteiger partial charge is 0.310 e. The molecule has 1 aromatic rings. The van der Waals surface area contributed by atoms with Crippen molar-refractivity contribution in [2.45, 2.75) is 48.8 Å². The van der Waals surface area contributed by atoms with Gasteiger partial charge < -0.3 is 19.6 Å². The number of esters is 1. The largest absolute Gasteiger partial charge is 0.466 e. The molecule has 3 aliphatic heterocycles. The molecule has 6 atom stereocenters. The fourth-order valence-corrected chi connectivity index (χ4v) is 7.97. The number of likely N-dealkylation sites (tertiary alicyclic amines) is 1. The molecule has 3 saturated heterocycles. The van der Waals surface area contributed by atoms with Crippen LogP contribution < -0.4 is 4.90 Å². The minimum absolute atomic E-state index is 0.0525. The molecule has 0 saturated carbocycles. The molecule has 33 heavy (non-hydrogen) atoms. The van der Waals surface area contributed by atoms with E-state index in [9.17, 15) is 19.5 Å². The number of anilines is 1. The lowest BCUT2D eigenvalue weighted by molar-refractivity contribution is -0.154. The molecule has 2 bridgehead atoms. The average molecular weight is 493 g/mol. The number of aliphatic hydroxyl groups excluding tert-OH is 1. The van der Waals surface area contributed by atoms with Crippen molar-refractivity contribution in [2.75, 3.05) is 24.7 Å². The van der Waals surface area contributed by atoms with Crippen LogP contribution in [0.5, 0.6) is 0 Å². The first-order chi connectivity index (χ1) is 15.8. The third kappa shape index (κ3) is 3.76. The summed E-state index contributed by atoms with van der Waals surface area (Å²) >= 11 is 7.62. The molecule has 4 rings (SSSR count). The normalized spacial score (nSPS) is 30.8. The zero-order chi connectivity index (χ0) is 23.9. The van der Waals surface area contributed by atoms with Crippen LogP contribution in [0.2, 0.25) is 5.02 Å². The Hall–Kier alpha value is -2.03. The number of rotatable bonds is 8. The fraction of sp³-hybridized carbons (Fsp3) is 0.542. The van der Waals surface area contributed by atoms with Gasteiger partial charge in [0.15, 0.2) is 0 Å². The van der Waals surface area contributed by atoms with Crippen molar-refractivity contribution in [3.8, 4) is 0 Å². The SMILES string of the molecule is C=CCN(C(=O)C1N([C@H](C)CO)C(=O)[C@@H]2[C@@H](C(=O)OCC)[C@H]3CCC12S3)c1ccc(Cl)cc1. The van der Waals surface area contributed by atoms with E-state index in [1.54, 1.807) is 60.9 Å². The van der Waals surface area contributed by atoms with Crippen LogP contribution >= 0.6 is 23.4 Å². The summed E-state index contributed by atoms with van der Waals surface area (Å²) in [5, 5.41) is 10.4. The van der Waals surface area contributed by atoms with E-state index < -0.39 is 28.7 Å². The molecule has 0 aromatic heterocycles. The Morgan fingerprint density at radius 1 is 1.42 bits per heavy atom. The van der Waals surface area contributed by atoms with E-state index in [1.165, 1.54) is 4.90 Å². The van der Waals surface area contributed by atoms with Gasteiger partial charge >= 0.3 is 5.97 Å². The Labute approximate surface area is 203 Å². The molecule has 2 amide bonds. The Kier molecular flexibility index (Phi) is 6.80. The van der Waals surface area contributed by atoms with Gasteiger partial charge in [-0.05, 0) is 51.0 Å². The average Bonchev–Trinajstić information content (AvgIpc) is 3.45. The number of fused-ring (bicyclic) bond motifs is 1. The number of carbonyl (C=O) groups is 3. The van der Waals surface area contributed by atoms with Crippen LogP contribution in [0.4, 0.5) is 5.69 Å². The second kappa shape index (κ2) is 9.31. The topological polar surface area (TPSA) is 87.2 Å². The minimum atomic E-state index is -0.804. The van der Waals surface area contributed by atoms with Gasteiger partial charge in [0.2, 0.25) is 5.91 Å². The first-order valence-electron chi connectivity index (χ1n) is 11.3. The van der Waals surface area contributed by atoms with E-state index in [4.69, 9.17) is 16.3 Å². The highest BCUT2D eigenvalue weighted by Crippen LogP contribution is 2.67. The number of nitrogens with zero attached hydrogens (tertiary/aromatic N) is 2. The van der Waals surface area contributed by atoms with E-state index >= 15 is 0 Å². The second-order valence-electron chi connectivity index (χ2n) is 8.80. The maximum atomic E-state index is 14.2. The van der Waals surface area contributed by atoms with Crippen LogP contribution in [0, 0.1) is 11.8 Å². The first-order valence-corrected chi connectivity index (χ1v) is 12.5. The number of hydrogen-bond donors (Lipinski definition) is 1. The fourth-order valence-electron chi connectivity index (χ4n) is 5.66. The lowest BCUT2D eigenvalue weighted by Crippen LogP contribution is -2.57. The molecule has 1 aromatic carbocycles. The van der Waals surface area contributed by atoms with E-state index in [0.29, 0.717) is 17.1 Å².